The van der Waals surface area contributed by atoms with Crippen LogP contribution in [0.1, 0.15) is 0 Å². The summed E-state index contributed by atoms with van der Waals surface area (Å²) in [6.07, 6.45) is 3.19. The summed E-state index contributed by atoms with van der Waals surface area (Å²) in [4.78, 5) is 12.5. The van der Waals surface area contributed by atoms with E-state index in [0.29, 0.717) is 33.5 Å². The van der Waals surface area contributed by atoms with Crippen LogP contribution in [0.2, 0.25) is 5.02 Å². The Hall–Kier alpha value is -2.40. The maximum absolute atomic E-state index is 5.83. The monoisotopic (exact) mass is 272 g/mol. The number of benzene rings is 1. The van der Waals surface area contributed by atoms with Crippen molar-refractivity contribution in [3.05, 3.63) is 47.7 Å². The van der Waals surface area contributed by atoms with Gasteiger partial charge in [0.2, 0.25) is 5.88 Å². The average Bonchev–Trinajstić information content (AvgIpc) is 2.42. The van der Waals surface area contributed by atoms with E-state index in [1.54, 1.807) is 42.7 Å². The topological polar surface area (TPSA) is 73.9 Å². The molecule has 5 nitrogen and oxygen atoms in total. The number of nitrogens with two attached hydrogens (primary N) is 1. The first-order valence-electron chi connectivity index (χ1n) is 5.53. The van der Waals surface area contributed by atoms with Gasteiger partial charge in [0.25, 0.3) is 0 Å². The highest BCUT2D eigenvalue weighted by atomic mass is 35.5. The molecule has 3 rings (SSSR count). The van der Waals surface area contributed by atoms with Crippen LogP contribution in [0.15, 0.2) is 42.7 Å². The summed E-state index contributed by atoms with van der Waals surface area (Å²) in [5.74, 6) is 0.905. The van der Waals surface area contributed by atoms with Gasteiger partial charge in [-0.2, -0.15) is 4.98 Å². The predicted molar refractivity (Wildman–Crippen MR) is 73.3 cm³/mol. The number of nitrogen functional groups attached to an aromatic ring is 1. The first kappa shape index (κ1) is 11.7. The molecule has 0 atom stereocenters. The lowest BCUT2D eigenvalue weighted by Gasteiger charge is -2.07. The van der Waals surface area contributed by atoms with Gasteiger partial charge < -0.3 is 10.5 Å². The second-order valence-corrected chi connectivity index (χ2v) is 4.27. The fourth-order valence-electron chi connectivity index (χ4n) is 1.62. The Bertz CT molecular complexity index is 748. The standard InChI is InChI=1S/C13H9ClN4O/c14-8-1-3-11(9(15)7-8)19-12-4-2-10-13(18-12)17-6-5-16-10/h1-7H,15H2. The van der Waals surface area contributed by atoms with Crippen molar-refractivity contribution in [1.82, 2.24) is 15.0 Å². The summed E-state index contributed by atoms with van der Waals surface area (Å²) in [5, 5.41) is 0.558. The molecule has 2 aromatic heterocycles. The number of nitrogens with zero attached hydrogens (tertiary/aromatic N) is 3. The van der Waals surface area contributed by atoms with Crippen molar-refractivity contribution in [1.29, 1.82) is 0 Å². The third-order valence-electron chi connectivity index (χ3n) is 2.49. The summed E-state index contributed by atoms with van der Waals surface area (Å²) in [5.41, 5.74) is 7.50. The van der Waals surface area contributed by atoms with E-state index < -0.39 is 0 Å². The number of ether oxygens (including phenoxy) is 1. The summed E-state index contributed by atoms with van der Waals surface area (Å²) in [6, 6.07) is 8.52. The van der Waals surface area contributed by atoms with E-state index in [2.05, 4.69) is 15.0 Å². The largest absolute Gasteiger partial charge is 0.437 e. The van der Waals surface area contributed by atoms with E-state index in [9.17, 15) is 0 Å². The van der Waals surface area contributed by atoms with Crippen LogP contribution in [0.3, 0.4) is 0 Å². The van der Waals surface area contributed by atoms with Crippen molar-refractivity contribution in [2.75, 3.05) is 5.73 Å². The Morgan fingerprint density at radius 1 is 1.05 bits per heavy atom. The van der Waals surface area contributed by atoms with Gasteiger partial charge in [-0.25, -0.2) is 4.98 Å². The molecule has 19 heavy (non-hydrogen) atoms. The van der Waals surface area contributed by atoms with Gasteiger partial charge in [0.15, 0.2) is 11.4 Å². The molecule has 0 bridgehead atoms. The molecule has 0 radical (unpaired) electrons. The molecular formula is C13H9ClN4O. The molecule has 1 aromatic carbocycles. The maximum Gasteiger partial charge on any atom is 0.221 e. The van der Waals surface area contributed by atoms with Crippen molar-refractivity contribution >= 4 is 28.5 Å². The minimum atomic E-state index is 0.405. The van der Waals surface area contributed by atoms with Crippen LogP contribution in [-0.2, 0) is 0 Å². The van der Waals surface area contributed by atoms with E-state index in [4.69, 9.17) is 22.1 Å². The number of fused-ring (bicyclic) bond motifs is 1. The normalized spacial score (nSPS) is 10.6. The number of hydrogen-bond donors (Lipinski definition) is 1. The molecule has 0 saturated heterocycles. The number of anilines is 1. The Balaban J connectivity index is 1.96. The number of rotatable bonds is 2. The minimum Gasteiger partial charge on any atom is -0.437 e. The van der Waals surface area contributed by atoms with Gasteiger partial charge in [0, 0.05) is 23.5 Å². The van der Waals surface area contributed by atoms with Crippen molar-refractivity contribution in [2.45, 2.75) is 0 Å². The van der Waals surface area contributed by atoms with Crippen LogP contribution in [-0.4, -0.2) is 15.0 Å². The molecular weight excluding hydrogens is 264 g/mol. The third-order valence-corrected chi connectivity index (χ3v) is 2.73. The van der Waals surface area contributed by atoms with Crippen LogP contribution in [0.25, 0.3) is 11.2 Å². The smallest absolute Gasteiger partial charge is 0.221 e. The van der Waals surface area contributed by atoms with E-state index in [-0.39, 0.29) is 0 Å². The SMILES string of the molecule is Nc1cc(Cl)ccc1Oc1ccc2nccnc2n1. The lowest BCUT2D eigenvalue weighted by molar-refractivity contribution is 0.467. The van der Waals surface area contributed by atoms with Crippen LogP contribution in [0, 0.1) is 0 Å². The first-order valence-corrected chi connectivity index (χ1v) is 5.91. The van der Waals surface area contributed by atoms with Gasteiger partial charge in [-0.3, -0.25) is 4.98 Å². The summed E-state index contributed by atoms with van der Waals surface area (Å²) >= 11 is 5.83. The molecule has 0 spiro atoms. The molecule has 2 N–H and O–H groups in total. The van der Waals surface area contributed by atoms with Gasteiger partial charge in [-0.1, -0.05) is 11.6 Å². The molecule has 0 aliphatic carbocycles. The number of pyridine rings is 1. The number of halogens is 1. The lowest BCUT2D eigenvalue weighted by atomic mass is 10.3. The summed E-state index contributed by atoms with van der Waals surface area (Å²) in [7, 11) is 0. The highest BCUT2D eigenvalue weighted by molar-refractivity contribution is 6.30. The van der Waals surface area contributed by atoms with Gasteiger partial charge in [-0.15, -0.1) is 0 Å². The molecule has 0 fully saturated rings. The zero-order valence-electron chi connectivity index (χ0n) is 9.75. The fourth-order valence-corrected chi connectivity index (χ4v) is 1.80. The van der Waals surface area contributed by atoms with E-state index in [1.807, 2.05) is 0 Å². The van der Waals surface area contributed by atoms with Crippen LogP contribution in [0.4, 0.5) is 5.69 Å². The van der Waals surface area contributed by atoms with Crippen LogP contribution >= 0.6 is 11.6 Å². The highest BCUT2D eigenvalue weighted by Crippen LogP contribution is 2.29. The van der Waals surface area contributed by atoms with Crippen LogP contribution < -0.4 is 10.5 Å². The second kappa shape index (κ2) is 4.70. The quantitative estimate of drug-likeness (QED) is 0.726. The first-order chi connectivity index (χ1) is 9.22. The van der Waals surface area contributed by atoms with Crippen molar-refractivity contribution in [3.8, 4) is 11.6 Å². The molecule has 0 saturated carbocycles. The van der Waals surface area contributed by atoms with Crippen molar-refractivity contribution in [3.63, 3.8) is 0 Å². The Morgan fingerprint density at radius 2 is 1.89 bits per heavy atom. The van der Waals surface area contributed by atoms with Gasteiger partial charge in [0.1, 0.15) is 5.52 Å². The fraction of sp³-hybridized carbons (Fsp3) is 0. The number of hydrogen-bond acceptors (Lipinski definition) is 5. The van der Waals surface area contributed by atoms with Gasteiger partial charge in [-0.05, 0) is 24.3 Å². The molecule has 2 heterocycles. The van der Waals surface area contributed by atoms with E-state index >= 15 is 0 Å². The summed E-state index contributed by atoms with van der Waals surface area (Å²) < 4.78 is 5.61. The molecule has 3 aromatic rings. The van der Waals surface area contributed by atoms with E-state index in [0.717, 1.165) is 0 Å². The van der Waals surface area contributed by atoms with E-state index in [1.165, 1.54) is 0 Å². The molecule has 94 valence electrons. The zero-order chi connectivity index (χ0) is 13.2. The molecule has 0 amide bonds. The van der Waals surface area contributed by atoms with Crippen LogP contribution in [0.5, 0.6) is 11.6 Å². The number of aromatic nitrogens is 3. The summed E-state index contributed by atoms with van der Waals surface area (Å²) in [6.45, 7) is 0. The molecule has 0 unspecified atom stereocenters. The molecule has 0 aliphatic heterocycles. The lowest BCUT2D eigenvalue weighted by Crippen LogP contribution is -1.94. The van der Waals surface area contributed by atoms with Gasteiger partial charge >= 0.3 is 0 Å². The minimum absolute atomic E-state index is 0.405. The van der Waals surface area contributed by atoms with Gasteiger partial charge in [0.05, 0.1) is 5.69 Å². The Labute approximate surface area is 114 Å². The second-order valence-electron chi connectivity index (χ2n) is 3.83. The predicted octanol–water partition coefficient (Wildman–Crippen LogP) is 3.05. The molecule has 6 heteroatoms. The van der Waals surface area contributed by atoms with Crippen molar-refractivity contribution in [2.24, 2.45) is 0 Å². The molecule has 0 aliphatic rings. The zero-order valence-corrected chi connectivity index (χ0v) is 10.5. The Kier molecular flexibility index (Phi) is 2.89. The highest BCUT2D eigenvalue weighted by Gasteiger charge is 2.05. The average molecular weight is 273 g/mol. The maximum atomic E-state index is 5.83. The Morgan fingerprint density at radius 3 is 2.74 bits per heavy atom. The third kappa shape index (κ3) is 2.41. The van der Waals surface area contributed by atoms with Crippen molar-refractivity contribution < 1.29 is 4.74 Å².